The lowest BCUT2D eigenvalue weighted by Crippen LogP contribution is -2.24. The Balaban J connectivity index is 1.58. The molecule has 1 aliphatic heterocycles. The summed E-state index contributed by atoms with van der Waals surface area (Å²) in [5.41, 5.74) is 5.78. The minimum atomic E-state index is -0.00210. The number of nitrogens with one attached hydrogen (secondary N) is 1. The van der Waals surface area contributed by atoms with E-state index in [0.29, 0.717) is 13.0 Å². The first-order valence-corrected chi connectivity index (χ1v) is 8.87. The first-order valence-electron chi connectivity index (χ1n) is 8.87. The Hall–Kier alpha value is -3.48. The maximum absolute atomic E-state index is 12.4. The minimum Gasteiger partial charge on any atom is -0.324 e. The second-order valence-corrected chi connectivity index (χ2v) is 6.86. The van der Waals surface area contributed by atoms with Gasteiger partial charge < -0.3 is 5.32 Å². The summed E-state index contributed by atoms with van der Waals surface area (Å²) in [6, 6.07) is 14.4. The molecule has 0 spiro atoms. The highest BCUT2D eigenvalue weighted by Gasteiger charge is 2.29. The molecular weight excluding hydrogens is 340 g/mol. The number of carbonyl (C=O) groups excluding carboxylic acids is 1. The molecule has 1 unspecified atom stereocenters. The lowest BCUT2D eigenvalue weighted by molar-refractivity contribution is -0.116. The van der Waals surface area contributed by atoms with Gasteiger partial charge in [-0.05, 0) is 28.8 Å². The van der Waals surface area contributed by atoms with Gasteiger partial charge in [0.25, 0.3) is 0 Å². The maximum atomic E-state index is 12.4. The molecule has 4 aromatic rings. The summed E-state index contributed by atoms with van der Waals surface area (Å²) in [5, 5.41) is 15.6. The van der Waals surface area contributed by atoms with Crippen LogP contribution in [0.1, 0.15) is 29.0 Å². The zero-order valence-electron chi connectivity index (χ0n) is 14.8. The highest BCUT2D eigenvalue weighted by molar-refractivity contribution is 6.03. The van der Waals surface area contributed by atoms with Crippen LogP contribution in [0.4, 0.5) is 5.69 Å². The molecule has 0 radical (unpaired) electrons. The lowest BCUT2D eigenvalue weighted by Gasteiger charge is -2.26. The van der Waals surface area contributed by atoms with E-state index in [4.69, 9.17) is 0 Å². The van der Waals surface area contributed by atoms with Gasteiger partial charge in [-0.2, -0.15) is 5.10 Å². The number of nitrogens with zero attached hydrogens (tertiary/aromatic N) is 5. The zero-order chi connectivity index (χ0) is 18.4. The number of amides is 1. The van der Waals surface area contributed by atoms with E-state index in [1.807, 2.05) is 36.1 Å². The standard InChI is InChI=1S/C20H18N6O/c1-25-17-7-6-15-16(11-18(27)22-19(15)20(17)23-24-25)14-5-2-4-13(10-14)12-26-9-3-8-21-26/h2-10,16H,11-12H2,1H3,(H,22,27). The molecule has 7 heteroatoms. The highest BCUT2D eigenvalue weighted by atomic mass is 16.1. The Morgan fingerprint density at radius 1 is 1.22 bits per heavy atom. The van der Waals surface area contributed by atoms with Crippen molar-refractivity contribution in [3.8, 4) is 0 Å². The molecule has 134 valence electrons. The van der Waals surface area contributed by atoms with Gasteiger partial charge in [-0.15, -0.1) is 5.10 Å². The fourth-order valence-corrected chi connectivity index (χ4v) is 3.81. The van der Waals surface area contributed by atoms with E-state index in [2.05, 4.69) is 45.0 Å². The summed E-state index contributed by atoms with van der Waals surface area (Å²) >= 11 is 0. The molecule has 0 fully saturated rings. The number of hydrogen-bond acceptors (Lipinski definition) is 4. The van der Waals surface area contributed by atoms with Crippen LogP contribution in [-0.4, -0.2) is 30.7 Å². The van der Waals surface area contributed by atoms with Gasteiger partial charge in [0.1, 0.15) is 5.52 Å². The van der Waals surface area contributed by atoms with E-state index >= 15 is 0 Å². The molecule has 1 N–H and O–H groups in total. The first kappa shape index (κ1) is 15.7. The van der Waals surface area contributed by atoms with Crippen LogP contribution in [0.25, 0.3) is 11.0 Å². The molecule has 0 aliphatic carbocycles. The minimum absolute atomic E-state index is 0.00210. The van der Waals surface area contributed by atoms with Gasteiger partial charge in [0.05, 0.1) is 17.7 Å². The van der Waals surface area contributed by atoms with Gasteiger partial charge in [0.2, 0.25) is 5.91 Å². The van der Waals surface area contributed by atoms with Crippen LogP contribution in [0.2, 0.25) is 0 Å². The third-order valence-corrected chi connectivity index (χ3v) is 5.10. The van der Waals surface area contributed by atoms with E-state index in [9.17, 15) is 4.79 Å². The van der Waals surface area contributed by atoms with Crippen molar-refractivity contribution in [1.82, 2.24) is 24.8 Å². The summed E-state index contributed by atoms with van der Waals surface area (Å²) in [5.74, 6) is 0.000796. The van der Waals surface area contributed by atoms with Crippen molar-refractivity contribution in [1.29, 1.82) is 0 Å². The van der Waals surface area contributed by atoms with Crippen LogP contribution in [0.5, 0.6) is 0 Å². The van der Waals surface area contributed by atoms with Gasteiger partial charge in [0, 0.05) is 31.8 Å². The largest absolute Gasteiger partial charge is 0.324 e. The summed E-state index contributed by atoms with van der Waals surface area (Å²) < 4.78 is 3.61. The molecule has 2 aromatic carbocycles. The molecule has 7 nitrogen and oxygen atoms in total. The Labute approximate surface area is 155 Å². The van der Waals surface area contributed by atoms with Gasteiger partial charge in [-0.3, -0.25) is 9.48 Å². The van der Waals surface area contributed by atoms with E-state index < -0.39 is 0 Å². The summed E-state index contributed by atoms with van der Waals surface area (Å²) in [7, 11) is 1.85. The average molecular weight is 358 g/mol. The van der Waals surface area contributed by atoms with Crippen molar-refractivity contribution in [3.05, 3.63) is 71.5 Å². The number of benzene rings is 2. The summed E-state index contributed by atoms with van der Waals surface area (Å²) in [6.07, 6.45) is 4.14. The van der Waals surface area contributed by atoms with Crippen LogP contribution in [0.15, 0.2) is 54.9 Å². The molecular formula is C20H18N6O. The Kier molecular flexibility index (Phi) is 3.53. The van der Waals surface area contributed by atoms with E-state index in [1.165, 1.54) is 0 Å². The molecule has 0 saturated carbocycles. The highest BCUT2D eigenvalue weighted by Crippen LogP contribution is 2.40. The Bertz CT molecular complexity index is 1140. The van der Waals surface area contributed by atoms with Crippen LogP contribution in [-0.2, 0) is 18.4 Å². The topological polar surface area (TPSA) is 77.6 Å². The van der Waals surface area contributed by atoms with Gasteiger partial charge in [-0.25, -0.2) is 4.68 Å². The van der Waals surface area contributed by atoms with Gasteiger partial charge >= 0.3 is 0 Å². The SMILES string of the molecule is Cn1nnc2c3c(ccc21)C(c1cccc(Cn2cccn2)c1)CC(=O)N3. The molecule has 27 heavy (non-hydrogen) atoms. The monoisotopic (exact) mass is 358 g/mol. The molecule has 5 rings (SSSR count). The number of carbonyl (C=O) groups is 1. The maximum Gasteiger partial charge on any atom is 0.225 e. The quantitative estimate of drug-likeness (QED) is 0.611. The molecule has 0 saturated heterocycles. The summed E-state index contributed by atoms with van der Waals surface area (Å²) in [4.78, 5) is 12.4. The van der Waals surface area contributed by atoms with Crippen molar-refractivity contribution in [3.63, 3.8) is 0 Å². The second kappa shape index (κ2) is 6.05. The van der Waals surface area contributed by atoms with Crippen LogP contribution < -0.4 is 5.32 Å². The number of anilines is 1. The van der Waals surface area contributed by atoms with Crippen LogP contribution >= 0.6 is 0 Å². The molecule has 2 aromatic heterocycles. The fourth-order valence-electron chi connectivity index (χ4n) is 3.81. The number of aromatic nitrogens is 5. The predicted molar refractivity (Wildman–Crippen MR) is 101 cm³/mol. The normalized spacial score (nSPS) is 16.3. The molecule has 1 aliphatic rings. The van der Waals surface area contributed by atoms with E-state index in [0.717, 1.165) is 33.4 Å². The number of hydrogen-bond donors (Lipinski definition) is 1. The predicted octanol–water partition coefficient (Wildman–Crippen LogP) is 2.69. The third kappa shape index (κ3) is 2.68. The zero-order valence-corrected chi connectivity index (χ0v) is 14.8. The van der Waals surface area contributed by atoms with E-state index in [1.54, 1.807) is 10.9 Å². The van der Waals surface area contributed by atoms with Crippen LogP contribution in [0, 0.1) is 0 Å². The first-order chi connectivity index (χ1) is 13.2. The van der Waals surface area contributed by atoms with Crippen LogP contribution in [0.3, 0.4) is 0 Å². The molecule has 1 amide bonds. The van der Waals surface area contributed by atoms with Crippen molar-refractivity contribution < 1.29 is 4.79 Å². The van der Waals surface area contributed by atoms with Gasteiger partial charge in [0.15, 0.2) is 0 Å². The lowest BCUT2D eigenvalue weighted by atomic mass is 9.84. The average Bonchev–Trinajstić information content (AvgIpc) is 3.31. The van der Waals surface area contributed by atoms with Crippen molar-refractivity contribution in [2.45, 2.75) is 18.9 Å². The molecule has 1 atom stereocenters. The summed E-state index contributed by atoms with van der Waals surface area (Å²) in [6.45, 7) is 0.704. The third-order valence-electron chi connectivity index (χ3n) is 5.10. The number of aryl methyl sites for hydroxylation is 1. The molecule has 3 heterocycles. The fraction of sp³-hybridized carbons (Fsp3) is 0.200. The van der Waals surface area contributed by atoms with Crippen molar-refractivity contribution in [2.75, 3.05) is 5.32 Å². The van der Waals surface area contributed by atoms with Gasteiger partial charge in [-0.1, -0.05) is 35.5 Å². The molecule has 0 bridgehead atoms. The smallest absolute Gasteiger partial charge is 0.225 e. The number of rotatable bonds is 3. The Morgan fingerprint density at radius 3 is 3.00 bits per heavy atom. The van der Waals surface area contributed by atoms with Crippen molar-refractivity contribution >= 4 is 22.6 Å². The second-order valence-electron chi connectivity index (χ2n) is 6.86. The van der Waals surface area contributed by atoms with Crippen molar-refractivity contribution in [2.24, 2.45) is 7.05 Å². The Morgan fingerprint density at radius 2 is 2.15 bits per heavy atom. The number of fused-ring (bicyclic) bond motifs is 3. The van der Waals surface area contributed by atoms with E-state index in [-0.39, 0.29) is 11.8 Å².